The summed E-state index contributed by atoms with van der Waals surface area (Å²) in [5.41, 5.74) is 0. The number of benzene rings is 2. The molecule has 1 aliphatic heterocycles. The van der Waals surface area contributed by atoms with Crippen LogP contribution in [0.1, 0.15) is 0 Å². The van der Waals surface area contributed by atoms with Crippen LogP contribution in [0.5, 0.6) is 5.75 Å². The highest BCUT2D eigenvalue weighted by molar-refractivity contribution is 5.83. The Labute approximate surface area is 159 Å². The Morgan fingerprint density at radius 3 is 2.48 bits per heavy atom. The topological polar surface area (TPSA) is 50.1 Å². The van der Waals surface area contributed by atoms with E-state index in [1.807, 2.05) is 42.6 Å². The average molecular weight is 364 g/mol. The van der Waals surface area contributed by atoms with E-state index in [0.717, 1.165) is 43.1 Å². The van der Waals surface area contributed by atoms with Crippen molar-refractivity contribution < 1.29 is 14.8 Å². The van der Waals surface area contributed by atoms with Crippen LogP contribution in [0, 0.1) is 0 Å². The molecule has 0 bridgehead atoms. The quantitative estimate of drug-likeness (QED) is 0.729. The highest BCUT2D eigenvalue weighted by atomic mass is 16.5. The number of β-amino-alcohol motifs (C(OH)–C–C–N with tert-alkyl or cyclic N) is 1. The van der Waals surface area contributed by atoms with E-state index in [4.69, 9.17) is 4.74 Å². The molecule has 0 saturated carbocycles. The third-order valence-electron chi connectivity index (χ3n) is 5.04. The first-order chi connectivity index (χ1) is 13.3. The highest BCUT2D eigenvalue weighted by Gasteiger charge is 2.24. The van der Waals surface area contributed by atoms with Gasteiger partial charge in [0.05, 0.1) is 19.3 Å². The van der Waals surface area contributed by atoms with E-state index in [1.165, 1.54) is 5.39 Å². The summed E-state index contributed by atoms with van der Waals surface area (Å²) in [6.45, 7) is 4.74. The zero-order valence-electron chi connectivity index (χ0n) is 15.4. The normalized spacial score (nSPS) is 16.4. The third-order valence-corrected chi connectivity index (χ3v) is 5.04. The van der Waals surface area contributed by atoms with Crippen LogP contribution in [0.25, 0.3) is 10.8 Å². The number of nitrogens with one attached hydrogen (secondary N) is 1. The van der Waals surface area contributed by atoms with E-state index in [0.29, 0.717) is 13.2 Å². The van der Waals surface area contributed by atoms with Crippen molar-refractivity contribution in [2.24, 2.45) is 0 Å². The van der Waals surface area contributed by atoms with Gasteiger partial charge >= 0.3 is 0 Å². The van der Waals surface area contributed by atoms with Crippen LogP contribution in [0.2, 0.25) is 0 Å². The van der Waals surface area contributed by atoms with Gasteiger partial charge < -0.3 is 9.84 Å². The van der Waals surface area contributed by atoms with Gasteiger partial charge in [0, 0.05) is 25.7 Å². The van der Waals surface area contributed by atoms with Gasteiger partial charge in [0.15, 0.2) is 0 Å². The number of aliphatic hydroxyl groups excluding tert-OH is 1. The number of aliphatic hydroxyl groups is 1. The van der Waals surface area contributed by atoms with Crippen LogP contribution in [-0.4, -0.2) is 55.4 Å². The van der Waals surface area contributed by atoms with Gasteiger partial charge in [0.25, 0.3) is 5.82 Å². The lowest BCUT2D eigenvalue weighted by Gasteiger charge is -2.32. The summed E-state index contributed by atoms with van der Waals surface area (Å²) in [7, 11) is 0. The highest BCUT2D eigenvalue weighted by Crippen LogP contribution is 2.20. The molecule has 140 valence electrons. The van der Waals surface area contributed by atoms with Crippen LogP contribution in [-0.2, 0) is 0 Å². The van der Waals surface area contributed by atoms with Gasteiger partial charge in [-0.25, -0.2) is 4.98 Å². The summed E-state index contributed by atoms with van der Waals surface area (Å²) in [5, 5.41) is 12.7. The fourth-order valence-electron chi connectivity index (χ4n) is 3.55. The van der Waals surface area contributed by atoms with Crippen LogP contribution in [0.4, 0.5) is 5.82 Å². The van der Waals surface area contributed by atoms with Crippen LogP contribution >= 0.6 is 0 Å². The summed E-state index contributed by atoms with van der Waals surface area (Å²) in [6.07, 6.45) is 1.46. The van der Waals surface area contributed by atoms with E-state index in [2.05, 4.69) is 39.0 Å². The summed E-state index contributed by atoms with van der Waals surface area (Å²) in [5.74, 6) is 1.95. The van der Waals surface area contributed by atoms with Crippen molar-refractivity contribution >= 4 is 16.6 Å². The SMILES string of the molecule is O[C@H](COc1ccc2ccccc2c1)CN1CCN(c2cccc[nH+]2)CC1. The number of hydrogen-bond acceptors (Lipinski definition) is 4. The number of fused-ring (bicyclic) bond motifs is 1. The summed E-state index contributed by atoms with van der Waals surface area (Å²) < 4.78 is 5.82. The molecule has 0 aliphatic carbocycles. The molecule has 1 fully saturated rings. The molecule has 1 aromatic heterocycles. The van der Waals surface area contributed by atoms with Gasteiger partial charge in [-0.1, -0.05) is 36.4 Å². The van der Waals surface area contributed by atoms with E-state index >= 15 is 0 Å². The Morgan fingerprint density at radius 2 is 1.70 bits per heavy atom. The van der Waals surface area contributed by atoms with Crippen LogP contribution in [0.3, 0.4) is 0 Å². The lowest BCUT2D eigenvalue weighted by Crippen LogP contribution is -2.50. The molecule has 5 heteroatoms. The van der Waals surface area contributed by atoms with Gasteiger partial charge in [-0.2, -0.15) is 0 Å². The lowest BCUT2D eigenvalue weighted by molar-refractivity contribution is -0.364. The molecule has 0 spiro atoms. The molecule has 5 nitrogen and oxygen atoms in total. The Morgan fingerprint density at radius 1 is 0.926 bits per heavy atom. The Hall–Kier alpha value is -2.63. The predicted molar refractivity (Wildman–Crippen MR) is 107 cm³/mol. The number of hydrogen-bond donors (Lipinski definition) is 1. The van der Waals surface area contributed by atoms with Crippen molar-refractivity contribution in [3.8, 4) is 5.75 Å². The second-order valence-electron chi connectivity index (χ2n) is 7.01. The van der Waals surface area contributed by atoms with Crippen molar-refractivity contribution in [2.45, 2.75) is 6.10 Å². The number of rotatable bonds is 6. The number of anilines is 1. The maximum absolute atomic E-state index is 10.4. The minimum absolute atomic E-state index is 0.311. The van der Waals surface area contributed by atoms with Crippen molar-refractivity contribution in [3.63, 3.8) is 0 Å². The molecule has 0 amide bonds. The molecule has 2 aromatic carbocycles. The van der Waals surface area contributed by atoms with Crippen molar-refractivity contribution in [1.29, 1.82) is 0 Å². The number of aromatic amines is 1. The van der Waals surface area contributed by atoms with Crippen molar-refractivity contribution in [3.05, 3.63) is 66.9 Å². The molecule has 2 heterocycles. The maximum Gasteiger partial charge on any atom is 0.274 e. The molecule has 3 aromatic rings. The fourth-order valence-corrected chi connectivity index (χ4v) is 3.55. The zero-order valence-corrected chi connectivity index (χ0v) is 15.4. The van der Waals surface area contributed by atoms with E-state index < -0.39 is 6.10 Å². The number of H-pyrrole nitrogens is 1. The number of aromatic nitrogens is 1. The number of piperazine rings is 1. The van der Waals surface area contributed by atoms with Gasteiger partial charge in [-0.15, -0.1) is 0 Å². The predicted octanol–water partition coefficient (Wildman–Crippen LogP) is 2.22. The largest absolute Gasteiger partial charge is 0.491 e. The van der Waals surface area contributed by atoms with Crippen molar-refractivity contribution in [1.82, 2.24) is 4.90 Å². The van der Waals surface area contributed by atoms with Crippen LogP contribution < -0.4 is 14.6 Å². The fraction of sp³-hybridized carbons (Fsp3) is 0.318. The summed E-state index contributed by atoms with van der Waals surface area (Å²) in [6, 6.07) is 20.4. The molecule has 0 unspecified atom stereocenters. The van der Waals surface area contributed by atoms with Gasteiger partial charge in [-0.05, 0) is 29.0 Å². The molecule has 4 rings (SSSR count). The second kappa shape index (κ2) is 8.37. The molecule has 1 saturated heterocycles. The molecule has 0 radical (unpaired) electrons. The van der Waals surface area contributed by atoms with E-state index in [9.17, 15) is 5.11 Å². The summed E-state index contributed by atoms with van der Waals surface area (Å²) in [4.78, 5) is 7.92. The first kappa shape index (κ1) is 17.8. The molecular weight excluding hydrogens is 338 g/mol. The molecule has 1 aliphatic rings. The average Bonchev–Trinajstić information content (AvgIpc) is 2.73. The molecule has 2 N–H and O–H groups in total. The standard InChI is InChI=1S/C22H25N3O2/c26-20(17-27-21-9-8-18-5-1-2-6-19(18)15-21)16-24-11-13-25(14-12-24)22-7-3-4-10-23-22/h1-10,15,20,26H,11-14,16-17H2/p+1/t20-/m0/s1. The maximum atomic E-state index is 10.4. The minimum atomic E-state index is -0.494. The van der Waals surface area contributed by atoms with Gasteiger partial charge in [0.1, 0.15) is 18.5 Å². The first-order valence-electron chi connectivity index (χ1n) is 9.51. The Kier molecular flexibility index (Phi) is 5.51. The smallest absolute Gasteiger partial charge is 0.274 e. The number of nitrogens with zero attached hydrogens (tertiary/aromatic N) is 2. The Bertz CT molecular complexity index is 864. The summed E-state index contributed by atoms with van der Waals surface area (Å²) >= 11 is 0. The molecule has 1 atom stereocenters. The number of ether oxygens (including phenoxy) is 1. The van der Waals surface area contributed by atoms with E-state index in [-0.39, 0.29) is 0 Å². The van der Waals surface area contributed by atoms with E-state index in [1.54, 1.807) is 0 Å². The second-order valence-corrected chi connectivity index (χ2v) is 7.01. The monoisotopic (exact) mass is 364 g/mol. The van der Waals surface area contributed by atoms with Crippen molar-refractivity contribution in [2.75, 3.05) is 44.2 Å². The molecule has 27 heavy (non-hydrogen) atoms. The number of pyridine rings is 1. The minimum Gasteiger partial charge on any atom is -0.491 e. The first-order valence-corrected chi connectivity index (χ1v) is 9.51. The van der Waals surface area contributed by atoms with Gasteiger partial charge in [-0.3, -0.25) is 9.80 Å². The third kappa shape index (κ3) is 4.56. The zero-order chi connectivity index (χ0) is 18.5. The van der Waals surface area contributed by atoms with Gasteiger partial charge in [0.2, 0.25) is 0 Å². The lowest BCUT2D eigenvalue weighted by atomic mass is 10.1. The molecular formula is C22H26N3O2+. The van der Waals surface area contributed by atoms with Crippen LogP contribution in [0.15, 0.2) is 66.9 Å². The Balaban J connectivity index is 1.24.